The zero-order valence-electron chi connectivity index (χ0n) is 9.94. The van der Waals surface area contributed by atoms with Gasteiger partial charge < -0.3 is 5.11 Å². The molecule has 0 aromatic rings. The fourth-order valence-electron chi connectivity index (χ4n) is 1.90. The average molecular weight is 214 g/mol. The molecule has 0 radical (unpaired) electrons. The summed E-state index contributed by atoms with van der Waals surface area (Å²) in [6.07, 6.45) is 1.09. The lowest BCUT2D eigenvalue weighted by molar-refractivity contribution is -0.160. The van der Waals surface area contributed by atoms with Crippen LogP contribution in [0, 0.1) is 5.92 Å². The number of hydrazine groups is 1. The predicted octanol–water partition coefficient (Wildman–Crippen LogP) is 0.863. The zero-order valence-corrected chi connectivity index (χ0v) is 9.94. The summed E-state index contributed by atoms with van der Waals surface area (Å²) in [6.45, 7) is 8.23. The van der Waals surface area contributed by atoms with Crippen molar-refractivity contribution in [1.29, 1.82) is 0 Å². The highest BCUT2D eigenvalue weighted by molar-refractivity contribution is 5.76. The number of rotatable bonds is 4. The van der Waals surface area contributed by atoms with Crippen LogP contribution >= 0.6 is 0 Å². The van der Waals surface area contributed by atoms with Crippen LogP contribution in [0.5, 0.6) is 0 Å². The minimum absolute atomic E-state index is 0.141. The summed E-state index contributed by atoms with van der Waals surface area (Å²) < 4.78 is 0. The van der Waals surface area contributed by atoms with Crippen LogP contribution in [0.3, 0.4) is 0 Å². The Balaban J connectivity index is 2.60. The van der Waals surface area contributed by atoms with Crippen molar-refractivity contribution >= 4 is 5.91 Å². The molecule has 0 aromatic carbocycles. The highest BCUT2D eigenvalue weighted by Crippen LogP contribution is 2.14. The van der Waals surface area contributed by atoms with Gasteiger partial charge in [0.25, 0.3) is 0 Å². The van der Waals surface area contributed by atoms with Crippen LogP contribution in [-0.2, 0) is 4.79 Å². The molecular weight excluding hydrogens is 192 g/mol. The Labute approximate surface area is 91.8 Å². The molecule has 0 saturated carbocycles. The van der Waals surface area contributed by atoms with Gasteiger partial charge in [0.05, 0.1) is 12.6 Å². The molecule has 4 heteroatoms. The second kappa shape index (κ2) is 5.47. The van der Waals surface area contributed by atoms with Gasteiger partial charge >= 0.3 is 0 Å². The van der Waals surface area contributed by atoms with Crippen LogP contribution in [0.25, 0.3) is 0 Å². The Bertz CT molecular complexity index is 217. The van der Waals surface area contributed by atoms with E-state index in [0.29, 0.717) is 18.9 Å². The molecule has 1 heterocycles. The van der Waals surface area contributed by atoms with Gasteiger partial charge in [-0.3, -0.25) is 9.80 Å². The summed E-state index contributed by atoms with van der Waals surface area (Å²) >= 11 is 0. The first-order valence-electron chi connectivity index (χ1n) is 5.74. The maximum absolute atomic E-state index is 11.7. The van der Waals surface area contributed by atoms with E-state index in [-0.39, 0.29) is 5.91 Å². The Kier molecular flexibility index (Phi) is 4.54. The highest BCUT2D eigenvalue weighted by atomic mass is 16.3. The molecule has 88 valence electrons. The number of aliphatic hydroxyl groups is 1. The quantitative estimate of drug-likeness (QED) is 0.755. The summed E-state index contributed by atoms with van der Waals surface area (Å²) in [5.41, 5.74) is 0. The van der Waals surface area contributed by atoms with Crippen molar-refractivity contribution in [3.8, 4) is 0 Å². The Hall–Kier alpha value is -0.610. The van der Waals surface area contributed by atoms with Crippen molar-refractivity contribution in [2.75, 3.05) is 19.6 Å². The summed E-state index contributed by atoms with van der Waals surface area (Å²) in [5, 5.41) is 13.1. The van der Waals surface area contributed by atoms with Crippen LogP contribution in [0.4, 0.5) is 0 Å². The SMILES string of the molecule is CC(C)CN1CCCC(=O)N1CC(C)O. The first-order valence-corrected chi connectivity index (χ1v) is 5.74. The summed E-state index contributed by atoms with van der Waals surface area (Å²) in [5.74, 6) is 0.676. The van der Waals surface area contributed by atoms with Crippen molar-refractivity contribution in [2.24, 2.45) is 5.92 Å². The molecule has 1 aliphatic rings. The lowest BCUT2D eigenvalue weighted by atomic mass is 10.1. The largest absolute Gasteiger partial charge is 0.392 e. The molecule has 1 unspecified atom stereocenters. The minimum atomic E-state index is -0.457. The monoisotopic (exact) mass is 214 g/mol. The third-order valence-electron chi connectivity index (χ3n) is 2.45. The van der Waals surface area contributed by atoms with Gasteiger partial charge in [-0.05, 0) is 19.3 Å². The molecule has 1 N–H and O–H groups in total. The molecule has 4 nitrogen and oxygen atoms in total. The topological polar surface area (TPSA) is 43.8 Å². The standard InChI is InChI=1S/C11H22N2O2/c1-9(2)7-12-6-4-5-11(15)13(12)8-10(3)14/h9-10,14H,4-8H2,1-3H3. The molecule has 1 rings (SSSR count). The number of nitrogens with zero attached hydrogens (tertiary/aromatic N) is 2. The highest BCUT2D eigenvalue weighted by Gasteiger charge is 2.26. The Morgan fingerprint density at radius 1 is 1.33 bits per heavy atom. The Morgan fingerprint density at radius 3 is 2.53 bits per heavy atom. The van der Waals surface area contributed by atoms with E-state index in [0.717, 1.165) is 19.5 Å². The molecule has 1 amide bonds. The molecular formula is C11H22N2O2. The van der Waals surface area contributed by atoms with Crippen LogP contribution in [0.2, 0.25) is 0 Å². The van der Waals surface area contributed by atoms with E-state index >= 15 is 0 Å². The Morgan fingerprint density at radius 2 is 2.00 bits per heavy atom. The van der Waals surface area contributed by atoms with Crippen LogP contribution in [0.15, 0.2) is 0 Å². The zero-order chi connectivity index (χ0) is 11.4. The molecule has 0 aromatic heterocycles. The van der Waals surface area contributed by atoms with Gasteiger partial charge in [-0.2, -0.15) is 0 Å². The maximum Gasteiger partial charge on any atom is 0.237 e. The van der Waals surface area contributed by atoms with Crippen LogP contribution in [-0.4, -0.2) is 46.8 Å². The molecule has 0 bridgehead atoms. The van der Waals surface area contributed by atoms with E-state index in [4.69, 9.17) is 0 Å². The third kappa shape index (κ3) is 3.80. The van der Waals surface area contributed by atoms with Gasteiger partial charge in [-0.1, -0.05) is 13.8 Å². The van der Waals surface area contributed by atoms with E-state index in [1.165, 1.54) is 0 Å². The first-order chi connectivity index (χ1) is 7.00. The molecule has 15 heavy (non-hydrogen) atoms. The first kappa shape index (κ1) is 12.5. The van der Waals surface area contributed by atoms with E-state index < -0.39 is 6.10 Å². The molecule has 1 fully saturated rings. The number of amides is 1. The van der Waals surface area contributed by atoms with Crippen molar-refractivity contribution in [3.63, 3.8) is 0 Å². The number of β-amino-alcohol motifs (C(OH)–C–C–N with tert-alkyl or cyclic N) is 1. The van der Waals surface area contributed by atoms with E-state index in [2.05, 4.69) is 18.9 Å². The third-order valence-corrected chi connectivity index (χ3v) is 2.45. The average Bonchev–Trinajstić information content (AvgIpc) is 2.09. The van der Waals surface area contributed by atoms with Gasteiger partial charge in [0.15, 0.2) is 0 Å². The fraction of sp³-hybridized carbons (Fsp3) is 0.909. The van der Waals surface area contributed by atoms with Gasteiger partial charge in [-0.15, -0.1) is 0 Å². The van der Waals surface area contributed by atoms with Crippen LogP contribution in [0.1, 0.15) is 33.6 Å². The molecule has 0 aliphatic carbocycles. The lowest BCUT2D eigenvalue weighted by Gasteiger charge is -2.40. The van der Waals surface area contributed by atoms with Crippen molar-refractivity contribution < 1.29 is 9.90 Å². The normalized spacial score (nSPS) is 21.1. The smallest absolute Gasteiger partial charge is 0.237 e. The molecule has 1 saturated heterocycles. The molecule has 1 atom stereocenters. The van der Waals surface area contributed by atoms with Crippen molar-refractivity contribution in [1.82, 2.24) is 10.0 Å². The molecule has 0 spiro atoms. The second-order valence-corrected chi connectivity index (χ2v) is 4.73. The van der Waals surface area contributed by atoms with E-state index in [9.17, 15) is 9.90 Å². The van der Waals surface area contributed by atoms with Gasteiger partial charge in [0.1, 0.15) is 0 Å². The lowest BCUT2D eigenvalue weighted by Crippen LogP contribution is -2.53. The number of carbonyl (C=O) groups excluding carboxylic acids is 1. The summed E-state index contributed by atoms with van der Waals surface area (Å²) in [6, 6.07) is 0. The van der Waals surface area contributed by atoms with Crippen LogP contribution < -0.4 is 0 Å². The van der Waals surface area contributed by atoms with Crippen molar-refractivity contribution in [2.45, 2.75) is 39.7 Å². The summed E-state index contributed by atoms with van der Waals surface area (Å²) in [7, 11) is 0. The number of hydrogen-bond donors (Lipinski definition) is 1. The van der Waals surface area contributed by atoms with Crippen molar-refractivity contribution in [3.05, 3.63) is 0 Å². The minimum Gasteiger partial charge on any atom is -0.392 e. The second-order valence-electron chi connectivity index (χ2n) is 4.73. The fourth-order valence-corrected chi connectivity index (χ4v) is 1.90. The predicted molar refractivity (Wildman–Crippen MR) is 59.0 cm³/mol. The maximum atomic E-state index is 11.7. The summed E-state index contributed by atoms with van der Waals surface area (Å²) in [4.78, 5) is 11.7. The van der Waals surface area contributed by atoms with Gasteiger partial charge in [0.2, 0.25) is 5.91 Å². The number of hydrogen-bond acceptors (Lipinski definition) is 3. The molecule has 1 aliphatic heterocycles. The van der Waals surface area contributed by atoms with E-state index in [1.54, 1.807) is 11.9 Å². The number of carbonyl (C=O) groups is 1. The van der Waals surface area contributed by atoms with E-state index in [1.807, 2.05) is 0 Å². The number of aliphatic hydroxyl groups excluding tert-OH is 1. The van der Waals surface area contributed by atoms with Gasteiger partial charge in [-0.25, -0.2) is 5.01 Å². The van der Waals surface area contributed by atoms with Gasteiger partial charge in [0, 0.05) is 19.5 Å².